The molecule has 2 aromatic rings. The normalized spacial score (nSPS) is 19.4. The van der Waals surface area contributed by atoms with E-state index in [-0.39, 0.29) is 29.4 Å². The monoisotopic (exact) mass is 528 g/mol. The van der Waals surface area contributed by atoms with Crippen LogP contribution >= 0.6 is 0 Å². The third-order valence-corrected chi connectivity index (χ3v) is 6.39. The Labute approximate surface area is 219 Å². The lowest BCUT2D eigenvalue weighted by Crippen LogP contribution is -2.65. The van der Waals surface area contributed by atoms with E-state index in [9.17, 15) is 14.4 Å². The number of amides is 2. The minimum absolute atomic E-state index is 0.0355. The van der Waals surface area contributed by atoms with Crippen LogP contribution in [0.2, 0.25) is 0 Å². The Bertz CT molecular complexity index is 1280. The summed E-state index contributed by atoms with van der Waals surface area (Å²) in [4.78, 5) is 40.3. The fourth-order valence-corrected chi connectivity index (χ4v) is 4.55. The molecule has 0 saturated carbocycles. The first kappa shape index (κ1) is 26.6. The number of hydrogen-bond acceptors (Lipinski definition) is 10. The van der Waals surface area contributed by atoms with Crippen LogP contribution in [0.4, 0.5) is 9.59 Å². The van der Waals surface area contributed by atoms with Crippen molar-refractivity contribution in [2.75, 3.05) is 42.7 Å². The van der Waals surface area contributed by atoms with Crippen molar-refractivity contribution in [1.29, 1.82) is 0 Å². The van der Waals surface area contributed by atoms with Crippen molar-refractivity contribution >= 4 is 18.0 Å². The second kappa shape index (κ2) is 10.5. The molecule has 1 aliphatic carbocycles. The summed E-state index contributed by atoms with van der Waals surface area (Å²) in [5.74, 6) is 0.413. The van der Waals surface area contributed by atoms with Crippen molar-refractivity contribution in [2.45, 2.75) is 18.4 Å². The highest BCUT2D eigenvalue weighted by Gasteiger charge is 2.59. The maximum Gasteiger partial charge on any atom is 0.432 e. The number of ketones is 1. The molecule has 2 bridgehead atoms. The van der Waals surface area contributed by atoms with Gasteiger partial charge in [0.15, 0.2) is 11.5 Å². The van der Waals surface area contributed by atoms with Crippen LogP contribution in [0, 0.1) is 0 Å². The van der Waals surface area contributed by atoms with Gasteiger partial charge in [-0.2, -0.15) is 10.0 Å². The molecule has 2 aliphatic heterocycles. The molecular formula is C26H28N2O10. The zero-order valence-electron chi connectivity index (χ0n) is 21.8. The molecule has 3 aliphatic rings. The molecule has 38 heavy (non-hydrogen) atoms. The van der Waals surface area contributed by atoms with Crippen molar-refractivity contribution in [2.24, 2.45) is 0 Å². The molecule has 0 fully saturated rings. The number of benzene rings is 2. The zero-order chi connectivity index (χ0) is 27.6. The van der Waals surface area contributed by atoms with Crippen molar-refractivity contribution < 1.29 is 47.5 Å². The summed E-state index contributed by atoms with van der Waals surface area (Å²) in [5.41, 5.74) is -0.987. The molecular weight excluding hydrogens is 500 g/mol. The van der Waals surface area contributed by atoms with Gasteiger partial charge in [-0.05, 0) is 35.4 Å². The van der Waals surface area contributed by atoms with Gasteiger partial charge in [0, 0.05) is 7.11 Å². The number of hydrazine groups is 1. The first-order chi connectivity index (χ1) is 18.3. The SMILES string of the molecule is COC(=O)N1[C@@H]2C=C[C@@](OC)(C(=O)c3c2cc(OC)c(OC)c3OCc2ccc(OC)cc2)N1C(=O)OC. The van der Waals surface area contributed by atoms with Gasteiger partial charge in [0.25, 0.3) is 0 Å². The molecule has 0 saturated heterocycles. The van der Waals surface area contributed by atoms with Gasteiger partial charge in [0.05, 0.1) is 41.1 Å². The van der Waals surface area contributed by atoms with Gasteiger partial charge in [0.1, 0.15) is 18.4 Å². The van der Waals surface area contributed by atoms with Gasteiger partial charge >= 0.3 is 12.2 Å². The minimum atomic E-state index is -2.10. The molecule has 0 radical (unpaired) electrons. The molecule has 2 heterocycles. The Morgan fingerprint density at radius 3 is 2.13 bits per heavy atom. The summed E-state index contributed by atoms with van der Waals surface area (Å²) in [6, 6.07) is 7.73. The summed E-state index contributed by atoms with van der Waals surface area (Å²) in [6.07, 6.45) is 1.00. The quantitative estimate of drug-likeness (QED) is 0.494. The summed E-state index contributed by atoms with van der Waals surface area (Å²) < 4.78 is 38.1. The Morgan fingerprint density at radius 1 is 0.895 bits per heavy atom. The Morgan fingerprint density at radius 2 is 1.58 bits per heavy atom. The van der Waals surface area contributed by atoms with Gasteiger partial charge in [-0.1, -0.05) is 18.2 Å². The van der Waals surface area contributed by atoms with Crippen molar-refractivity contribution in [3.05, 3.63) is 59.2 Å². The fraction of sp³-hybridized carbons (Fsp3) is 0.346. The highest BCUT2D eigenvalue weighted by molar-refractivity contribution is 6.10. The molecule has 12 nitrogen and oxygen atoms in total. The highest BCUT2D eigenvalue weighted by Crippen LogP contribution is 2.52. The number of methoxy groups -OCH3 is 6. The van der Waals surface area contributed by atoms with Crippen LogP contribution < -0.4 is 18.9 Å². The highest BCUT2D eigenvalue weighted by atomic mass is 16.6. The lowest BCUT2D eigenvalue weighted by atomic mass is 9.95. The number of Topliss-reactive ketones (excluding diaryl/α,β-unsaturated/α-hetero) is 1. The Hall–Kier alpha value is -4.45. The Balaban J connectivity index is 1.95. The summed E-state index contributed by atoms with van der Waals surface area (Å²) in [5, 5.41) is 1.75. The molecule has 12 heteroatoms. The lowest BCUT2D eigenvalue weighted by Gasteiger charge is -2.45. The number of carbonyl (C=O) groups is 3. The number of nitrogens with zero attached hydrogens (tertiary/aromatic N) is 2. The minimum Gasteiger partial charge on any atom is -0.497 e. The average Bonchev–Trinajstić information content (AvgIpc) is 3.13. The standard InChI is InChI=1S/C26H28N2O10/c1-32-16-9-7-15(8-10-16)14-38-22-20-17(13-19(33-2)21(22)34-3)18-11-12-26(37-6,23(20)29)28(25(31)36-5)27(18)24(30)35-4/h7-13,18H,14H2,1-6H3/t18-,26-/m1/s1. The second-order valence-corrected chi connectivity index (χ2v) is 8.17. The lowest BCUT2D eigenvalue weighted by molar-refractivity contribution is -0.155. The van der Waals surface area contributed by atoms with Crippen LogP contribution in [0.25, 0.3) is 0 Å². The maximum absolute atomic E-state index is 14.3. The van der Waals surface area contributed by atoms with Gasteiger partial charge in [-0.15, -0.1) is 0 Å². The Kier molecular flexibility index (Phi) is 7.35. The van der Waals surface area contributed by atoms with Crippen LogP contribution in [0.15, 0.2) is 42.5 Å². The van der Waals surface area contributed by atoms with Gasteiger partial charge in [-0.3, -0.25) is 4.79 Å². The van der Waals surface area contributed by atoms with E-state index in [1.54, 1.807) is 31.4 Å². The zero-order valence-corrected chi connectivity index (χ0v) is 21.8. The van der Waals surface area contributed by atoms with Crippen molar-refractivity contribution in [3.63, 3.8) is 0 Å². The number of ether oxygens (including phenoxy) is 7. The molecule has 2 aromatic carbocycles. The molecule has 2 atom stereocenters. The van der Waals surface area contributed by atoms with Gasteiger partial charge in [-0.25, -0.2) is 9.59 Å². The first-order valence-corrected chi connectivity index (χ1v) is 11.4. The van der Waals surface area contributed by atoms with E-state index in [1.165, 1.54) is 27.4 Å². The largest absolute Gasteiger partial charge is 0.497 e. The number of rotatable bonds is 7. The molecule has 202 valence electrons. The van der Waals surface area contributed by atoms with E-state index in [1.807, 2.05) is 12.1 Å². The van der Waals surface area contributed by atoms with Gasteiger partial charge < -0.3 is 33.2 Å². The van der Waals surface area contributed by atoms with E-state index < -0.39 is 29.7 Å². The number of hydrogen-bond donors (Lipinski definition) is 0. The summed E-state index contributed by atoms with van der Waals surface area (Å²) in [7, 11) is 7.91. The number of fused-ring (bicyclic) bond motifs is 1. The van der Waals surface area contributed by atoms with E-state index in [0.717, 1.165) is 29.8 Å². The van der Waals surface area contributed by atoms with E-state index in [0.29, 0.717) is 11.3 Å². The third kappa shape index (κ3) is 4.02. The fourth-order valence-electron chi connectivity index (χ4n) is 4.55. The van der Waals surface area contributed by atoms with Gasteiger partial charge in [0.2, 0.25) is 17.3 Å². The van der Waals surface area contributed by atoms with Crippen molar-refractivity contribution in [3.8, 4) is 23.0 Å². The molecule has 2 amide bonds. The molecule has 5 rings (SSSR count). The predicted octanol–water partition coefficient (Wildman–Crippen LogP) is 3.49. The number of carbonyl (C=O) groups excluding carboxylic acids is 3. The van der Waals surface area contributed by atoms with Crippen LogP contribution in [-0.2, 0) is 20.8 Å². The molecule has 0 N–H and O–H groups in total. The maximum atomic E-state index is 14.3. The molecule has 0 aromatic heterocycles. The predicted molar refractivity (Wildman–Crippen MR) is 131 cm³/mol. The van der Waals surface area contributed by atoms with E-state index in [4.69, 9.17) is 33.2 Å². The average molecular weight is 529 g/mol. The first-order valence-electron chi connectivity index (χ1n) is 11.4. The molecule has 0 unspecified atom stereocenters. The third-order valence-electron chi connectivity index (χ3n) is 6.39. The summed E-state index contributed by atoms with van der Waals surface area (Å²) in [6.45, 7) is 0.0484. The van der Waals surface area contributed by atoms with Crippen LogP contribution in [0.3, 0.4) is 0 Å². The van der Waals surface area contributed by atoms with Crippen LogP contribution in [0.5, 0.6) is 23.0 Å². The molecule has 0 spiro atoms. The van der Waals surface area contributed by atoms with Crippen LogP contribution in [0.1, 0.15) is 27.5 Å². The topological polar surface area (TPSA) is 122 Å². The van der Waals surface area contributed by atoms with E-state index >= 15 is 0 Å². The van der Waals surface area contributed by atoms with Crippen LogP contribution in [-0.4, -0.2) is 76.4 Å². The summed E-state index contributed by atoms with van der Waals surface area (Å²) >= 11 is 0. The second-order valence-electron chi connectivity index (χ2n) is 8.17. The van der Waals surface area contributed by atoms with Crippen molar-refractivity contribution in [1.82, 2.24) is 10.0 Å². The smallest absolute Gasteiger partial charge is 0.432 e. The van der Waals surface area contributed by atoms with E-state index in [2.05, 4.69) is 0 Å².